The van der Waals surface area contributed by atoms with Gasteiger partial charge in [0.15, 0.2) is 0 Å². The topological polar surface area (TPSA) is 56.0 Å². The maximum atomic E-state index is 12.6. The van der Waals surface area contributed by atoms with E-state index in [0.717, 1.165) is 58.2 Å². The van der Waals surface area contributed by atoms with Crippen molar-refractivity contribution in [1.29, 1.82) is 0 Å². The zero-order valence-electron chi connectivity index (χ0n) is 13.9. The molecule has 22 heavy (non-hydrogen) atoms. The van der Waals surface area contributed by atoms with E-state index in [1.54, 1.807) is 0 Å². The summed E-state index contributed by atoms with van der Waals surface area (Å²) in [5.74, 6) is 6.36. The number of hydrazine groups is 1. The van der Waals surface area contributed by atoms with Gasteiger partial charge in [-0.2, -0.15) is 0 Å². The van der Waals surface area contributed by atoms with E-state index in [0.29, 0.717) is 5.91 Å². The number of nitrogens with two attached hydrogens (primary N) is 1. The van der Waals surface area contributed by atoms with Gasteiger partial charge in [-0.1, -0.05) is 0 Å². The summed E-state index contributed by atoms with van der Waals surface area (Å²) in [5.41, 5.74) is 0. The van der Waals surface area contributed by atoms with Crippen molar-refractivity contribution >= 4 is 5.91 Å². The van der Waals surface area contributed by atoms with Gasteiger partial charge >= 0.3 is 0 Å². The van der Waals surface area contributed by atoms with Crippen LogP contribution in [0.5, 0.6) is 0 Å². The highest BCUT2D eigenvalue weighted by Crippen LogP contribution is 2.21. The number of rotatable bonds is 2. The molecule has 0 aliphatic carbocycles. The van der Waals surface area contributed by atoms with Crippen molar-refractivity contribution in [2.45, 2.75) is 31.7 Å². The van der Waals surface area contributed by atoms with Gasteiger partial charge in [0, 0.05) is 51.2 Å². The highest BCUT2D eigenvalue weighted by Gasteiger charge is 2.32. The largest absolute Gasteiger partial charge is 0.340 e. The third-order valence-electron chi connectivity index (χ3n) is 5.71. The van der Waals surface area contributed by atoms with Gasteiger partial charge in [0.2, 0.25) is 5.91 Å². The molecule has 0 bridgehead atoms. The summed E-state index contributed by atoms with van der Waals surface area (Å²) in [6, 6.07) is 0.730. The van der Waals surface area contributed by atoms with E-state index in [1.807, 2.05) is 5.01 Å². The number of piperidine rings is 2. The van der Waals surface area contributed by atoms with Crippen molar-refractivity contribution in [3.63, 3.8) is 0 Å². The first-order valence-corrected chi connectivity index (χ1v) is 8.84. The summed E-state index contributed by atoms with van der Waals surface area (Å²) in [6.07, 6.45) is 4.40. The van der Waals surface area contributed by atoms with Gasteiger partial charge in [0.1, 0.15) is 0 Å². The predicted molar refractivity (Wildman–Crippen MR) is 87.2 cm³/mol. The normalized spacial score (nSPS) is 28.2. The molecule has 3 rings (SSSR count). The minimum atomic E-state index is 0.203. The molecule has 3 aliphatic heterocycles. The Balaban J connectivity index is 1.44. The Kier molecular flexibility index (Phi) is 5.33. The lowest BCUT2D eigenvalue weighted by atomic mass is 9.95. The zero-order chi connectivity index (χ0) is 15.5. The molecule has 3 aliphatic rings. The van der Waals surface area contributed by atoms with Gasteiger partial charge < -0.3 is 9.80 Å². The molecule has 3 heterocycles. The number of hydrogen-bond acceptors (Lipinski definition) is 5. The van der Waals surface area contributed by atoms with Gasteiger partial charge in [-0.3, -0.25) is 15.5 Å². The summed E-state index contributed by atoms with van der Waals surface area (Å²) in [6.45, 7) is 8.05. The van der Waals surface area contributed by atoms with Gasteiger partial charge in [-0.05, 0) is 45.8 Å². The third kappa shape index (κ3) is 3.79. The third-order valence-corrected chi connectivity index (χ3v) is 5.71. The molecule has 0 atom stereocenters. The molecule has 6 nitrogen and oxygen atoms in total. The second-order valence-corrected chi connectivity index (χ2v) is 7.21. The Morgan fingerprint density at radius 1 is 0.864 bits per heavy atom. The number of nitrogens with zero attached hydrogens (tertiary/aromatic N) is 4. The molecular formula is C16H31N5O. The van der Waals surface area contributed by atoms with Crippen molar-refractivity contribution in [1.82, 2.24) is 19.7 Å². The number of hydrogen-bond donors (Lipinski definition) is 1. The number of likely N-dealkylation sites (tertiary alicyclic amines) is 1. The molecule has 1 amide bonds. The van der Waals surface area contributed by atoms with E-state index in [2.05, 4.69) is 21.7 Å². The second kappa shape index (κ2) is 7.25. The molecule has 126 valence electrons. The lowest BCUT2D eigenvalue weighted by Gasteiger charge is -2.43. The van der Waals surface area contributed by atoms with Crippen molar-refractivity contribution in [2.24, 2.45) is 11.8 Å². The molecule has 0 saturated carbocycles. The van der Waals surface area contributed by atoms with Crippen molar-refractivity contribution in [3.05, 3.63) is 0 Å². The van der Waals surface area contributed by atoms with E-state index >= 15 is 0 Å². The predicted octanol–water partition coefficient (Wildman–Crippen LogP) is -0.189. The Labute approximate surface area is 134 Å². The van der Waals surface area contributed by atoms with Crippen LogP contribution in [-0.2, 0) is 4.79 Å². The zero-order valence-corrected chi connectivity index (χ0v) is 13.9. The van der Waals surface area contributed by atoms with E-state index in [1.165, 1.54) is 25.9 Å². The Bertz CT molecular complexity index is 367. The molecule has 0 aromatic heterocycles. The quantitative estimate of drug-likeness (QED) is 0.717. The van der Waals surface area contributed by atoms with Crippen LogP contribution in [-0.4, -0.2) is 91.1 Å². The number of amides is 1. The summed E-state index contributed by atoms with van der Waals surface area (Å²) in [7, 11) is 2.21. The fourth-order valence-corrected chi connectivity index (χ4v) is 4.07. The lowest BCUT2D eigenvalue weighted by molar-refractivity contribution is -0.139. The molecule has 3 fully saturated rings. The minimum Gasteiger partial charge on any atom is -0.340 e. The first kappa shape index (κ1) is 16.2. The van der Waals surface area contributed by atoms with Gasteiger partial charge in [-0.25, -0.2) is 5.01 Å². The van der Waals surface area contributed by atoms with Crippen LogP contribution < -0.4 is 5.84 Å². The van der Waals surface area contributed by atoms with Crippen LogP contribution in [0.1, 0.15) is 25.7 Å². The molecule has 2 N–H and O–H groups in total. The van der Waals surface area contributed by atoms with E-state index in [4.69, 9.17) is 5.84 Å². The SMILES string of the molecule is CN1CCC(N2CCN(C(=O)C3CCN(N)CC3)CC2)CC1. The minimum absolute atomic E-state index is 0.203. The standard InChI is InChI=1S/C16H31N5O/c1-18-6-4-15(5-7-18)19-10-12-20(13-11-19)16(22)14-2-8-21(17)9-3-14/h14-15H,2-13,17H2,1H3. The van der Waals surface area contributed by atoms with Crippen molar-refractivity contribution < 1.29 is 4.79 Å². The summed E-state index contributed by atoms with van der Waals surface area (Å²) >= 11 is 0. The summed E-state index contributed by atoms with van der Waals surface area (Å²) in [5, 5.41) is 1.84. The fraction of sp³-hybridized carbons (Fsp3) is 0.938. The summed E-state index contributed by atoms with van der Waals surface area (Å²) in [4.78, 5) is 19.8. The maximum Gasteiger partial charge on any atom is 0.225 e. The van der Waals surface area contributed by atoms with E-state index < -0.39 is 0 Å². The van der Waals surface area contributed by atoms with Crippen LogP contribution in [0.4, 0.5) is 0 Å². The monoisotopic (exact) mass is 309 g/mol. The highest BCUT2D eigenvalue weighted by atomic mass is 16.2. The average Bonchev–Trinajstić information content (AvgIpc) is 2.56. The lowest BCUT2D eigenvalue weighted by Crippen LogP contribution is -2.55. The van der Waals surface area contributed by atoms with Crippen LogP contribution in [0, 0.1) is 5.92 Å². The Morgan fingerprint density at radius 2 is 1.45 bits per heavy atom. The van der Waals surface area contributed by atoms with Crippen LogP contribution in [0.15, 0.2) is 0 Å². The average molecular weight is 309 g/mol. The number of piperazine rings is 1. The van der Waals surface area contributed by atoms with Crippen LogP contribution in [0.3, 0.4) is 0 Å². The van der Waals surface area contributed by atoms with Crippen LogP contribution in [0.25, 0.3) is 0 Å². The molecule has 6 heteroatoms. The highest BCUT2D eigenvalue weighted by molar-refractivity contribution is 5.79. The molecule has 3 saturated heterocycles. The molecule has 0 spiro atoms. The van der Waals surface area contributed by atoms with Crippen LogP contribution in [0.2, 0.25) is 0 Å². The van der Waals surface area contributed by atoms with E-state index in [-0.39, 0.29) is 5.92 Å². The molecule has 0 radical (unpaired) electrons. The van der Waals surface area contributed by atoms with Crippen LogP contribution >= 0.6 is 0 Å². The maximum absolute atomic E-state index is 12.6. The first-order valence-electron chi connectivity index (χ1n) is 8.84. The Hall–Kier alpha value is -0.690. The Morgan fingerprint density at radius 3 is 2.05 bits per heavy atom. The summed E-state index contributed by atoms with van der Waals surface area (Å²) < 4.78 is 0. The van der Waals surface area contributed by atoms with Gasteiger partial charge in [0.25, 0.3) is 0 Å². The molecular weight excluding hydrogens is 278 g/mol. The fourth-order valence-electron chi connectivity index (χ4n) is 4.07. The molecule has 0 aromatic carbocycles. The van der Waals surface area contributed by atoms with E-state index in [9.17, 15) is 4.79 Å². The molecule has 0 unspecified atom stereocenters. The first-order chi connectivity index (χ1) is 10.6. The smallest absolute Gasteiger partial charge is 0.225 e. The van der Waals surface area contributed by atoms with Gasteiger partial charge in [0.05, 0.1) is 0 Å². The van der Waals surface area contributed by atoms with Gasteiger partial charge in [-0.15, -0.1) is 0 Å². The number of carbonyl (C=O) groups is 1. The molecule has 0 aromatic rings. The second-order valence-electron chi connectivity index (χ2n) is 7.21. The van der Waals surface area contributed by atoms with Crippen molar-refractivity contribution in [3.8, 4) is 0 Å². The number of carbonyl (C=O) groups excluding carboxylic acids is 1. The van der Waals surface area contributed by atoms with Crippen molar-refractivity contribution in [2.75, 3.05) is 59.4 Å².